The zero-order valence-electron chi connectivity index (χ0n) is 3.91. The molecule has 7 heavy (non-hydrogen) atoms. The van der Waals surface area contributed by atoms with Gasteiger partial charge in [0.05, 0.1) is 0 Å². The van der Waals surface area contributed by atoms with E-state index >= 15 is 0 Å². The van der Waals surface area contributed by atoms with Gasteiger partial charge in [-0.2, -0.15) is 12.6 Å². The summed E-state index contributed by atoms with van der Waals surface area (Å²) in [5.41, 5.74) is 0. The second-order valence-electron chi connectivity index (χ2n) is 1.34. The average molecular weight is 132 g/mol. The predicted octanol–water partition coefficient (Wildman–Crippen LogP) is 1.92. The molecule has 0 bridgehead atoms. The Hall–Kier alpha value is 0.180. The third-order valence-corrected chi connectivity index (χ3v) is 3.25. The van der Waals surface area contributed by atoms with E-state index in [0.29, 0.717) is 0 Å². The molecule has 0 radical (unpaired) electrons. The molecule has 2 heteroatoms. The summed E-state index contributed by atoms with van der Waals surface area (Å²) in [5.74, 6) is 0. The maximum absolute atomic E-state index is 4.14. The van der Waals surface area contributed by atoms with Crippen molar-refractivity contribution in [2.24, 2.45) is 0 Å². The Balaban J connectivity index is 2.44. The number of hydrogen-bond acceptors (Lipinski definition) is 1. The third-order valence-electron chi connectivity index (χ3n) is 0.829. The molecule has 0 nitrogen and oxygen atoms in total. The third kappa shape index (κ3) is 1.28. The van der Waals surface area contributed by atoms with Gasteiger partial charge in [-0.05, 0) is 10.8 Å². The van der Waals surface area contributed by atoms with Crippen molar-refractivity contribution < 1.29 is 0 Å². The van der Waals surface area contributed by atoms with E-state index in [-0.39, 0.29) is 10.9 Å². The first-order valence-electron chi connectivity index (χ1n) is 2.15. The van der Waals surface area contributed by atoms with Crippen molar-refractivity contribution in [1.82, 2.24) is 0 Å². The van der Waals surface area contributed by atoms with Gasteiger partial charge in [-0.1, -0.05) is 12.2 Å². The summed E-state index contributed by atoms with van der Waals surface area (Å²) < 4.78 is 0. The van der Waals surface area contributed by atoms with E-state index in [9.17, 15) is 0 Å². The van der Waals surface area contributed by atoms with Crippen LogP contribution >= 0.6 is 23.5 Å². The van der Waals surface area contributed by atoms with Gasteiger partial charge in [0.2, 0.25) is 0 Å². The van der Waals surface area contributed by atoms with Crippen LogP contribution in [0, 0.1) is 0 Å². The quantitative estimate of drug-likeness (QED) is 0.500. The Morgan fingerprint density at radius 2 is 1.86 bits per heavy atom. The lowest BCUT2D eigenvalue weighted by Crippen LogP contribution is -1.62. The molecule has 1 heterocycles. The molecule has 0 amide bonds. The average Bonchev–Trinajstić information content (AvgIpc) is 2.14. The van der Waals surface area contributed by atoms with E-state index in [1.54, 1.807) is 0 Å². The molecular formula is C5H8S2. The van der Waals surface area contributed by atoms with E-state index in [2.05, 4.69) is 35.6 Å². The van der Waals surface area contributed by atoms with Gasteiger partial charge in [-0.3, -0.25) is 0 Å². The zero-order valence-corrected chi connectivity index (χ0v) is 5.70. The fourth-order valence-corrected chi connectivity index (χ4v) is 1.96. The lowest BCUT2D eigenvalue weighted by Gasteiger charge is -2.00. The first-order chi connectivity index (χ1) is 3.43. The minimum absolute atomic E-state index is 0.0602. The lowest BCUT2D eigenvalue weighted by molar-refractivity contribution is 2.15. The highest BCUT2D eigenvalue weighted by Gasteiger charge is 1.91. The molecule has 0 saturated heterocycles. The van der Waals surface area contributed by atoms with Gasteiger partial charge in [-0.25, -0.2) is 10.9 Å². The molecule has 1 rings (SSSR count). The van der Waals surface area contributed by atoms with Crippen molar-refractivity contribution in [3.05, 3.63) is 23.0 Å². The molecule has 0 unspecified atom stereocenters. The van der Waals surface area contributed by atoms with Gasteiger partial charge < -0.3 is 0 Å². The van der Waals surface area contributed by atoms with E-state index < -0.39 is 0 Å². The number of rotatable bonds is 1. The molecule has 1 aliphatic heterocycles. The Morgan fingerprint density at radius 1 is 1.29 bits per heavy atom. The van der Waals surface area contributed by atoms with Gasteiger partial charge >= 0.3 is 0 Å². The fourth-order valence-electron chi connectivity index (χ4n) is 0.464. The van der Waals surface area contributed by atoms with Crippen molar-refractivity contribution >= 4 is 23.5 Å². The minimum atomic E-state index is 0.0602. The van der Waals surface area contributed by atoms with Gasteiger partial charge in [0, 0.05) is 5.08 Å². The second-order valence-corrected chi connectivity index (χ2v) is 4.09. The Bertz CT molecular complexity index is 92.6. The normalized spacial score (nSPS) is 21.6. The molecule has 0 fully saturated rings. The molecule has 40 valence electrons. The van der Waals surface area contributed by atoms with E-state index in [4.69, 9.17) is 0 Å². The SMILES string of the molecule is SC[SH]1C=CC=C1. The molecule has 1 aliphatic rings. The molecule has 0 spiro atoms. The van der Waals surface area contributed by atoms with Crippen LogP contribution in [0.2, 0.25) is 0 Å². The first kappa shape index (κ1) is 5.32. The minimum Gasteiger partial charge on any atom is -0.204 e. The van der Waals surface area contributed by atoms with Crippen molar-refractivity contribution in [2.45, 2.75) is 0 Å². The van der Waals surface area contributed by atoms with Crippen molar-refractivity contribution in [2.75, 3.05) is 5.08 Å². The number of allylic oxidation sites excluding steroid dienone is 2. The van der Waals surface area contributed by atoms with Crippen LogP contribution < -0.4 is 0 Å². The zero-order chi connectivity index (χ0) is 5.11. The summed E-state index contributed by atoms with van der Waals surface area (Å²) in [5, 5.41) is 5.42. The second kappa shape index (κ2) is 2.48. The summed E-state index contributed by atoms with van der Waals surface area (Å²) in [6.07, 6.45) is 4.17. The van der Waals surface area contributed by atoms with Crippen LogP contribution in [0.15, 0.2) is 23.0 Å². The van der Waals surface area contributed by atoms with Crippen LogP contribution in [-0.2, 0) is 0 Å². The molecule has 0 N–H and O–H groups in total. The van der Waals surface area contributed by atoms with E-state index in [0.717, 1.165) is 5.08 Å². The highest BCUT2D eigenvalue weighted by Crippen LogP contribution is 2.32. The smallest absolute Gasteiger partial charge is 0.0246 e. The maximum atomic E-state index is 4.14. The Morgan fingerprint density at radius 3 is 2.14 bits per heavy atom. The van der Waals surface area contributed by atoms with Crippen LogP contribution in [0.3, 0.4) is 0 Å². The van der Waals surface area contributed by atoms with Gasteiger partial charge in [0.1, 0.15) is 0 Å². The largest absolute Gasteiger partial charge is 0.204 e. The summed E-state index contributed by atoms with van der Waals surface area (Å²) in [4.78, 5) is 0. The predicted molar refractivity (Wildman–Crippen MR) is 41.1 cm³/mol. The summed E-state index contributed by atoms with van der Waals surface area (Å²) in [7, 11) is 0.0602. The standard InChI is InChI=1S/C5H8S2/c6-5-7-3-1-2-4-7/h1-4,6-7H,5H2. The molecule has 0 atom stereocenters. The van der Waals surface area contributed by atoms with E-state index in [1.165, 1.54) is 0 Å². The Kier molecular flexibility index (Phi) is 1.88. The number of thiol groups is 2. The molecular weight excluding hydrogens is 124 g/mol. The van der Waals surface area contributed by atoms with Crippen molar-refractivity contribution in [3.63, 3.8) is 0 Å². The van der Waals surface area contributed by atoms with Crippen LogP contribution in [0.1, 0.15) is 0 Å². The summed E-state index contributed by atoms with van der Waals surface area (Å²) in [6.45, 7) is 0. The molecule has 0 aliphatic carbocycles. The molecule has 0 saturated carbocycles. The molecule has 0 aromatic carbocycles. The van der Waals surface area contributed by atoms with Crippen LogP contribution in [0.5, 0.6) is 0 Å². The first-order valence-corrected chi connectivity index (χ1v) is 4.45. The van der Waals surface area contributed by atoms with Crippen molar-refractivity contribution in [1.29, 1.82) is 0 Å². The van der Waals surface area contributed by atoms with Crippen LogP contribution in [-0.4, -0.2) is 5.08 Å². The van der Waals surface area contributed by atoms with Crippen LogP contribution in [0.4, 0.5) is 0 Å². The highest BCUT2D eigenvalue weighted by molar-refractivity contribution is 8.27. The highest BCUT2D eigenvalue weighted by atomic mass is 32.2. The van der Waals surface area contributed by atoms with Crippen molar-refractivity contribution in [3.8, 4) is 0 Å². The Labute approximate surface area is 52.1 Å². The lowest BCUT2D eigenvalue weighted by atomic mass is 10.6. The number of hydrogen-bond donors (Lipinski definition) is 2. The maximum Gasteiger partial charge on any atom is 0.0246 e. The summed E-state index contributed by atoms with van der Waals surface area (Å²) >= 11 is 4.14. The topological polar surface area (TPSA) is 0 Å². The van der Waals surface area contributed by atoms with Crippen LogP contribution in [0.25, 0.3) is 0 Å². The molecule has 0 aromatic rings. The van der Waals surface area contributed by atoms with Gasteiger partial charge in [0.15, 0.2) is 0 Å². The van der Waals surface area contributed by atoms with Gasteiger partial charge in [-0.15, -0.1) is 0 Å². The molecule has 0 aromatic heterocycles. The van der Waals surface area contributed by atoms with E-state index in [1.807, 2.05) is 0 Å². The fraction of sp³-hybridized carbons (Fsp3) is 0.200. The monoisotopic (exact) mass is 132 g/mol. The van der Waals surface area contributed by atoms with Gasteiger partial charge in [0.25, 0.3) is 0 Å². The summed E-state index contributed by atoms with van der Waals surface area (Å²) in [6, 6.07) is 0.